The predicted octanol–water partition coefficient (Wildman–Crippen LogP) is 2.49. The third-order valence-corrected chi connectivity index (χ3v) is 2.59. The summed E-state index contributed by atoms with van der Waals surface area (Å²) in [6, 6.07) is 0. The maximum absolute atomic E-state index is 11.6. The highest BCUT2D eigenvalue weighted by Crippen LogP contribution is 2.16. The summed E-state index contributed by atoms with van der Waals surface area (Å²) >= 11 is 0. The van der Waals surface area contributed by atoms with E-state index in [1.165, 1.54) is 0 Å². The largest absolute Gasteiger partial charge is 0.481 e. The number of carboxylic acid groups (broad SMARTS) is 1. The van der Waals surface area contributed by atoms with Crippen LogP contribution in [0, 0.1) is 11.8 Å². The third-order valence-electron chi connectivity index (χ3n) is 2.59. The van der Waals surface area contributed by atoms with Gasteiger partial charge in [-0.25, -0.2) is 0 Å². The van der Waals surface area contributed by atoms with E-state index in [1.54, 1.807) is 6.92 Å². The summed E-state index contributed by atoms with van der Waals surface area (Å²) in [7, 11) is 0. The third kappa shape index (κ3) is 3.90. The van der Waals surface area contributed by atoms with Crippen LogP contribution in [0.2, 0.25) is 0 Å². The summed E-state index contributed by atoms with van der Waals surface area (Å²) < 4.78 is 0. The molecule has 0 radical (unpaired) electrons. The van der Waals surface area contributed by atoms with Gasteiger partial charge in [0.15, 0.2) is 0 Å². The van der Waals surface area contributed by atoms with Gasteiger partial charge < -0.3 is 5.11 Å². The van der Waals surface area contributed by atoms with Crippen molar-refractivity contribution in [3.8, 4) is 0 Å². The Morgan fingerprint density at radius 3 is 2.21 bits per heavy atom. The molecule has 0 aliphatic rings. The normalized spacial score (nSPS) is 14.8. The van der Waals surface area contributed by atoms with E-state index in [9.17, 15) is 9.59 Å². The first-order valence-corrected chi connectivity index (χ1v) is 5.31. The number of carbonyl (C=O) groups is 2. The molecule has 0 heterocycles. The molecule has 0 spiro atoms. The zero-order valence-electron chi connectivity index (χ0n) is 9.25. The van der Waals surface area contributed by atoms with Crippen LogP contribution >= 0.6 is 0 Å². The van der Waals surface area contributed by atoms with Gasteiger partial charge in [0, 0.05) is 5.92 Å². The first kappa shape index (κ1) is 13.1. The lowest BCUT2D eigenvalue weighted by atomic mass is 9.89. The number of ketones is 1. The first-order valence-electron chi connectivity index (χ1n) is 5.31. The Bertz CT molecular complexity index is 199. The molecule has 0 aromatic rings. The van der Waals surface area contributed by atoms with Crippen molar-refractivity contribution < 1.29 is 14.7 Å². The maximum atomic E-state index is 11.6. The SMILES string of the molecule is CCCCC(C(=O)O)C(=O)C(C)CC. The van der Waals surface area contributed by atoms with Gasteiger partial charge in [0.25, 0.3) is 0 Å². The van der Waals surface area contributed by atoms with E-state index in [1.807, 2.05) is 13.8 Å². The number of carbonyl (C=O) groups excluding carboxylic acids is 1. The van der Waals surface area contributed by atoms with Crippen molar-refractivity contribution in [1.82, 2.24) is 0 Å². The van der Waals surface area contributed by atoms with Crippen LogP contribution < -0.4 is 0 Å². The molecule has 0 aliphatic heterocycles. The van der Waals surface area contributed by atoms with Gasteiger partial charge in [-0.1, -0.05) is 33.6 Å². The van der Waals surface area contributed by atoms with Gasteiger partial charge in [0.2, 0.25) is 0 Å². The Balaban J connectivity index is 4.33. The van der Waals surface area contributed by atoms with Gasteiger partial charge in [-0.3, -0.25) is 9.59 Å². The van der Waals surface area contributed by atoms with E-state index in [4.69, 9.17) is 5.11 Å². The highest BCUT2D eigenvalue weighted by Gasteiger charge is 2.28. The van der Waals surface area contributed by atoms with Crippen LogP contribution in [0.4, 0.5) is 0 Å². The van der Waals surface area contributed by atoms with Gasteiger partial charge in [-0.2, -0.15) is 0 Å². The van der Waals surface area contributed by atoms with Crippen LogP contribution in [0.5, 0.6) is 0 Å². The molecule has 3 nitrogen and oxygen atoms in total. The number of unbranched alkanes of at least 4 members (excludes halogenated alkanes) is 1. The second-order valence-corrected chi connectivity index (χ2v) is 3.74. The maximum Gasteiger partial charge on any atom is 0.314 e. The highest BCUT2D eigenvalue weighted by atomic mass is 16.4. The van der Waals surface area contributed by atoms with Crippen molar-refractivity contribution in [2.24, 2.45) is 11.8 Å². The van der Waals surface area contributed by atoms with Crippen molar-refractivity contribution in [3.63, 3.8) is 0 Å². The molecule has 1 N–H and O–H groups in total. The lowest BCUT2D eigenvalue weighted by Gasteiger charge is -2.14. The predicted molar refractivity (Wildman–Crippen MR) is 55.1 cm³/mol. The van der Waals surface area contributed by atoms with Crippen LogP contribution in [0.1, 0.15) is 46.5 Å². The minimum absolute atomic E-state index is 0.117. The molecule has 0 bridgehead atoms. The van der Waals surface area contributed by atoms with E-state index in [-0.39, 0.29) is 11.7 Å². The van der Waals surface area contributed by atoms with Crippen molar-refractivity contribution >= 4 is 11.8 Å². The lowest BCUT2D eigenvalue weighted by Crippen LogP contribution is -2.28. The Hall–Kier alpha value is -0.860. The topological polar surface area (TPSA) is 54.4 Å². The van der Waals surface area contributed by atoms with E-state index in [0.29, 0.717) is 6.42 Å². The van der Waals surface area contributed by atoms with Crippen molar-refractivity contribution in [2.45, 2.75) is 46.5 Å². The molecule has 2 atom stereocenters. The summed E-state index contributed by atoms with van der Waals surface area (Å²) in [5.41, 5.74) is 0. The minimum Gasteiger partial charge on any atom is -0.481 e. The highest BCUT2D eigenvalue weighted by molar-refractivity contribution is 5.99. The molecule has 0 fully saturated rings. The number of aliphatic carboxylic acids is 1. The fourth-order valence-corrected chi connectivity index (χ4v) is 1.34. The number of Topliss-reactive ketones (excluding diaryl/α,β-unsaturated/α-hetero) is 1. The molecule has 0 aliphatic carbocycles. The molecule has 0 rings (SSSR count). The summed E-state index contributed by atoms with van der Waals surface area (Å²) in [5, 5.41) is 8.89. The van der Waals surface area contributed by atoms with Gasteiger partial charge in [-0.05, 0) is 12.8 Å². The van der Waals surface area contributed by atoms with E-state index < -0.39 is 11.9 Å². The van der Waals surface area contributed by atoms with Gasteiger partial charge in [0.1, 0.15) is 11.7 Å². The summed E-state index contributed by atoms with van der Waals surface area (Å²) in [5.74, 6) is -2.00. The van der Waals surface area contributed by atoms with Crippen LogP contribution in [0.3, 0.4) is 0 Å². The second-order valence-electron chi connectivity index (χ2n) is 3.74. The summed E-state index contributed by atoms with van der Waals surface area (Å²) in [4.78, 5) is 22.5. The molecular formula is C11H20O3. The van der Waals surface area contributed by atoms with Gasteiger partial charge in [-0.15, -0.1) is 0 Å². The van der Waals surface area contributed by atoms with Gasteiger partial charge >= 0.3 is 5.97 Å². The fraction of sp³-hybridized carbons (Fsp3) is 0.818. The molecule has 0 saturated heterocycles. The Kier molecular flexibility index (Phi) is 6.17. The first-order chi connectivity index (χ1) is 6.54. The van der Waals surface area contributed by atoms with Crippen LogP contribution in [0.15, 0.2) is 0 Å². The Morgan fingerprint density at radius 2 is 1.86 bits per heavy atom. The zero-order chi connectivity index (χ0) is 11.1. The number of hydrogen-bond donors (Lipinski definition) is 1. The van der Waals surface area contributed by atoms with Crippen molar-refractivity contribution in [3.05, 3.63) is 0 Å². The quantitative estimate of drug-likeness (QED) is 0.642. The zero-order valence-corrected chi connectivity index (χ0v) is 9.25. The summed E-state index contributed by atoms with van der Waals surface area (Å²) in [6.45, 7) is 5.69. The standard InChI is InChI=1S/C11H20O3/c1-4-6-7-9(11(13)14)10(12)8(3)5-2/h8-9H,4-7H2,1-3H3,(H,13,14). The number of carboxylic acids is 1. The monoisotopic (exact) mass is 200 g/mol. The van der Waals surface area contributed by atoms with Crippen molar-refractivity contribution in [1.29, 1.82) is 0 Å². The number of rotatable bonds is 7. The number of hydrogen-bond acceptors (Lipinski definition) is 2. The van der Waals surface area contributed by atoms with Crippen molar-refractivity contribution in [2.75, 3.05) is 0 Å². The molecule has 0 amide bonds. The van der Waals surface area contributed by atoms with Gasteiger partial charge in [0.05, 0.1) is 0 Å². The molecule has 82 valence electrons. The van der Waals surface area contributed by atoms with Crippen LogP contribution in [-0.2, 0) is 9.59 Å². The average Bonchev–Trinajstić information content (AvgIpc) is 2.16. The van der Waals surface area contributed by atoms with E-state index >= 15 is 0 Å². The van der Waals surface area contributed by atoms with E-state index in [2.05, 4.69) is 0 Å². The molecular weight excluding hydrogens is 180 g/mol. The molecule has 0 aromatic carbocycles. The molecule has 3 heteroatoms. The second kappa shape index (κ2) is 6.57. The van der Waals surface area contributed by atoms with E-state index in [0.717, 1.165) is 19.3 Å². The van der Waals surface area contributed by atoms with Crippen LogP contribution in [0.25, 0.3) is 0 Å². The lowest BCUT2D eigenvalue weighted by molar-refractivity contribution is -0.147. The average molecular weight is 200 g/mol. The Morgan fingerprint density at radius 1 is 1.29 bits per heavy atom. The minimum atomic E-state index is -0.969. The fourth-order valence-electron chi connectivity index (χ4n) is 1.34. The molecule has 0 aromatic heterocycles. The van der Waals surface area contributed by atoms with Crippen LogP contribution in [-0.4, -0.2) is 16.9 Å². The molecule has 14 heavy (non-hydrogen) atoms. The molecule has 2 unspecified atom stereocenters. The summed E-state index contributed by atoms with van der Waals surface area (Å²) in [6.07, 6.45) is 2.93. The smallest absolute Gasteiger partial charge is 0.314 e. The Labute approximate surface area is 85.5 Å². The molecule has 0 saturated carbocycles.